The van der Waals surface area contributed by atoms with Crippen molar-refractivity contribution in [1.82, 2.24) is 5.16 Å². The Labute approximate surface area is 178 Å². The van der Waals surface area contributed by atoms with Crippen LogP contribution in [-0.4, -0.2) is 24.8 Å². The summed E-state index contributed by atoms with van der Waals surface area (Å²) in [6, 6.07) is 10.1. The van der Waals surface area contributed by atoms with Crippen LogP contribution in [0.25, 0.3) is 10.8 Å². The Morgan fingerprint density at radius 1 is 1.10 bits per heavy atom. The van der Waals surface area contributed by atoms with Crippen molar-refractivity contribution in [3.8, 4) is 0 Å². The maximum Gasteiger partial charge on any atom is 0.264 e. The van der Waals surface area contributed by atoms with E-state index in [2.05, 4.69) is 31.1 Å². The molecule has 3 aromatic rings. The summed E-state index contributed by atoms with van der Waals surface area (Å²) in [7, 11) is -3.91. The SMILES string of the molecule is Cc1noc(NS(=O)(=O)c2cccc3c(NC(=O)CCCCBr)cccc23)c1C. The summed E-state index contributed by atoms with van der Waals surface area (Å²) in [5, 5.41) is 8.68. The quantitative estimate of drug-likeness (QED) is 0.358. The fraction of sp³-hybridized carbons (Fsp3) is 0.300. The van der Waals surface area contributed by atoms with E-state index in [0.29, 0.717) is 34.1 Å². The molecule has 154 valence electrons. The molecular formula is C20H22BrN3O4S. The highest BCUT2D eigenvalue weighted by molar-refractivity contribution is 9.09. The molecule has 0 aliphatic heterocycles. The molecule has 3 rings (SSSR count). The van der Waals surface area contributed by atoms with Crippen molar-refractivity contribution in [3.63, 3.8) is 0 Å². The van der Waals surface area contributed by atoms with Crippen LogP contribution >= 0.6 is 15.9 Å². The fourth-order valence-electron chi connectivity index (χ4n) is 2.90. The van der Waals surface area contributed by atoms with Crippen LogP contribution in [0.1, 0.15) is 30.5 Å². The zero-order valence-electron chi connectivity index (χ0n) is 16.2. The van der Waals surface area contributed by atoms with Crippen LogP contribution in [0.4, 0.5) is 11.6 Å². The average Bonchev–Trinajstić information content (AvgIpc) is 2.99. The van der Waals surface area contributed by atoms with Crippen molar-refractivity contribution in [2.45, 2.75) is 38.0 Å². The topological polar surface area (TPSA) is 101 Å². The van der Waals surface area contributed by atoms with Crippen LogP contribution in [0.5, 0.6) is 0 Å². The molecule has 0 fully saturated rings. The molecule has 7 nitrogen and oxygen atoms in total. The smallest absolute Gasteiger partial charge is 0.264 e. The Hall–Kier alpha value is -2.39. The standard InChI is InChI=1S/C20H22BrN3O4S/c1-13-14(2)23-28-20(13)24-29(26,27)18-10-6-7-15-16(18)8-5-9-17(15)22-19(25)11-3-4-12-21/h5-10,24H,3-4,11-12H2,1-2H3,(H,22,25). The van der Waals surface area contributed by atoms with E-state index in [1.807, 2.05) is 0 Å². The van der Waals surface area contributed by atoms with Crippen LogP contribution in [0.3, 0.4) is 0 Å². The van der Waals surface area contributed by atoms with Gasteiger partial charge in [-0.15, -0.1) is 0 Å². The van der Waals surface area contributed by atoms with Gasteiger partial charge in [-0.05, 0) is 38.8 Å². The molecule has 29 heavy (non-hydrogen) atoms. The van der Waals surface area contributed by atoms with Crippen LogP contribution in [0, 0.1) is 13.8 Å². The van der Waals surface area contributed by atoms with Gasteiger partial charge in [0, 0.05) is 33.8 Å². The van der Waals surface area contributed by atoms with Gasteiger partial charge in [0.05, 0.1) is 10.6 Å². The second-order valence-electron chi connectivity index (χ2n) is 6.68. The number of anilines is 2. The number of sulfonamides is 1. The number of carbonyl (C=O) groups excluding carboxylic acids is 1. The van der Waals surface area contributed by atoms with Crippen molar-refractivity contribution in [3.05, 3.63) is 47.7 Å². The number of amides is 1. The summed E-state index contributed by atoms with van der Waals surface area (Å²) in [5.41, 5.74) is 1.82. The number of alkyl halides is 1. The second-order valence-corrected chi connectivity index (χ2v) is 9.12. The van der Waals surface area contributed by atoms with Crippen molar-refractivity contribution in [2.24, 2.45) is 0 Å². The second kappa shape index (κ2) is 8.96. The molecule has 1 amide bonds. The molecule has 0 radical (unpaired) electrons. The van der Waals surface area contributed by atoms with E-state index in [0.717, 1.165) is 18.2 Å². The lowest BCUT2D eigenvalue weighted by Gasteiger charge is -2.12. The zero-order valence-corrected chi connectivity index (χ0v) is 18.6. The largest absolute Gasteiger partial charge is 0.337 e. The summed E-state index contributed by atoms with van der Waals surface area (Å²) in [6.07, 6.45) is 2.10. The van der Waals surface area contributed by atoms with E-state index >= 15 is 0 Å². The highest BCUT2D eigenvalue weighted by Crippen LogP contribution is 2.31. The molecule has 0 aliphatic rings. The van der Waals surface area contributed by atoms with Crippen molar-refractivity contribution in [2.75, 3.05) is 15.4 Å². The molecule has 0 aliphatic carbocycles. The van der Waals surface area contributed by atoms with E-state index in [-0.39, 0.29) is 16.7 Å². The minimum Gasteiger partial charge on any atom is -0.337 e. The molecule has 1 aromatic heterocycles. The molecule has 2 aromatic carbocycles. The summed E-state index contributed by atoms with van der Waals surface area (Å²) >= 11 is 3.35. The minimum absolute atomic E-state index is 0.0933. The van der Waals surface area contributed by atoms with Crippen molar-refractivity contribution in [1.29, 1.82) is 0 Å². The number of hydrogen-bond donors (Lipinski definition) is 2. The lowest BCUT2D eigenvalue weighted by molar-refractivity contribution is -0.116. The third-order valence-corrected chi connectivity index (χ3v) is 6.57. The number of nitrogens with one attached hydrogen (secondary N) is 2. The third kappa shape index (κ3) is 4.79. The number of halogens is 1. The number of unbranched alkanes of at least 4 members (excludes halogenated alkanes) is 1. The van der Waals surface area contributed by atoms with Gasteiger partial charge in [-0.1, -0.05) is 45.4 Å². The molecular weight excluding hydrogens is 458 g/mol. The van der Waals surface area contributed by atoms with Gasteiger partial charge in [0.15, 0.2) is 0 Å². The van der Waals surface area contributed by atoms with Crippen LogP contribution in [0.2, 0.25) is 0 Å². The lowest BCUT2D eigenvalue weighted by atomic mass is 10.1. The summed E-state index contributed by atoms with van der Waals surface area (Å²) in [6.45, 7) is 3.47. The van der Waals surface area contributed by atoms with E-state index in [4.69, 9.17) is 4.52 Å². The highest BCUT2D eigenvalue weighted by Gasteiger charge is 2.22. The van der Waals surface area contributed by atoms with Gasteiger partial charge in [0.1, 0.15) is 0 Å². The molecule has 0 spiro atoms. The number of fused-ring (bicyclic) bond motifs is 1. The maximum atomic E-state index is 13.0. The number of rotatable bonds is 8. The van der Waals surface area contributed by atoms with Gasteiger partial charge in [0.2, 0.25) is 11.8 Å². The predicted octanol–water partition coefficient (Wildman–Crippen LogP) is 4.75. The molecule has 1 heterocycles. The molecule has 0 unspecified atom stereocenters. The molecule has 0 bridgehead atoms. The minimum atomic E-state index is -3.91. The lowest BCUT2D eigenvalue weighted by Crippen LogP contribution is -2.14. The summed E-state index contributed by atoms with van der Waals surface area (Å²) in [4.78, 5) is 12.3. The first-order valence-corrected chi connectivity index (χ1v) is 11.8. The number of aromatic nitrogens is 1. The fourth-order valence-corrected chi connectivity index (χ4v) is 4.57. The molecule has 0 saturated carbocycles. The van der Waals surface area contributed by atoms with E-state index in [9.17, 15) is 13.2 Å². The number of benzene rings is 2. The number of nitrogens with zero attached hydrogens (tertiary/aromatic N) is 1. The summed E-state index contributed by atoms with van der Waals surface area (Å²) < 4.78 is 33.5. The van der Waals surface area contributed by atoms with Crippen LogP contribution in [-0.2, 0) is 14.8 Å². The first-order chi connectivity index (χ1) is 13.8. The molecule has 9 heteroatoms. The Morgan fingerprint density at radius 2 is 1.83 bits per heavy atom. The third-order valence-electron chi connectivity index (χ3n) is 4.62. The number of aryl methyl sites for hydroxylation is 1. The van der Waals surface area contributed by atoms with Gasteiger partial charge in [0.25, 0.3) is 10.0 Å². The van der Waals surface area contributed by atoms with Gasteiger partial charge >= 0.3 is 0 Å². The number of hydrogen-bond acceptors (Lipinski definition) is 5. The summed E-state index contributed by atoms with van der Waals surface area (Å²) in [5.74, 6) is -0.00616. The van der Waals surface area contributed by atoms with Gasteiger partial charge < -0.3 is 9.84 Å². The van der Waals surface area contributed by atoms with Crippen molar-refractivity contribution < 1.29 is 17.7 Å². The Balaban J connectivity index is 1.94. The Bertz CT molecular complexity index is 1140. The molecule has 0 saturated heterocycles. The van der Waals surface area contributed by atoms with Gasteiger partial charge in [-0.3, -0.25) is 4.79 Å². The van der Waals surface area contributed by atoms with Crippen LogP contribution < -0.4 is 10.0 Å². The first-order valence-electron chi connectivity index (χ1n) is 9.16. The van der Waals surface area contributed by atoms with Gasteiger partial charge in [-0.25, -0.2) is 13.1 Å². The highest BCUT2D eigenvalue weighted by atomic mass is 79.9. The molecule has 2 N–H and O–H groups in total. The van der Waals surface area contributed by atoms with E-state index in [1.54, 1.807) is 44.2 Å². The number of carbonyl (C=O) groups is 1. The van der Waals surface area contributed by atoms with E-state index in [1.165, 1.54) is 6.07 Å². The average molecular weight is 480 g/mol. The van der Waals surface area contributed by atoms with Crippen molar-refractivity contribution >= 4 is 54.2 Å². The van der Waals surface area contributed by atoms with Crippen LogP contribution in [0.15, 0.2) is 45.8 Å². The molecule has 0 atom stereocenters. The normalized spacial score (nSPS) is 11.6. The zero-order chi connectivity index (χ0) is 21.0. The Kier molecular flexibility index (Phi) is 6.59. The monoisotopic (exact) mass is 479 g/mol. The first kappa shape index (κ1) is 21.3. The predicted molar refractivity (Wildman–Crippen MR) is 117 cm³/mol. The van der Waals surface area contributed by atoms with Gasteiger partial charge in [-0.2, -0.15) is 0 Å². The Morgan fingerprint density at radius 3 is 2.52 bits per heavy atom. The maximum absolute atomic E-state index is 13.0. The van der Waals surface area contributed by atoms with E-state index < -0.39 is 10.0 Å².